The molecule has 0 aliphatic heterocycles. The minimum Gasteiger partial charge on any atom is -0.270 e. The van der Waals surface area contributed by atoms with Gasteiger partial charge in [0.2, 0.25) is 10.0 Å². The predicted octanol–water partition coefficient (Wildman–Crippen LogP) is 2.65. The van der Waals surface area contributed by atoms with Crippen molar-refractivity contribution < 1.29 is 8.42 Å². The third-order valence-electron chi connectivity index (χ3n) is 3.39. The Labute approximate surface area is 130 Å². The summed E-state index contributed by atoms with van der Waals surface area (Å²) >= 11 is 5.77. The van der Waals surface area contributed by atoms with Crippen LogP contribution in [0.5, 0.6) is 0 Å². The lowest BCUT2D eigenvalue weighted by molar-refractivity contribution is 0.581. The van der Waals surface area contributed by atoms with E-state index in [9.17, 15) is 8.42 Å². The van der Waals surface area contributed by atoms with Crippen LogP contribution in [0.1, 0.15) is 23.9 Å². The number of nitrogens with one attached hydrogen (secondary N) is 1. The number of hydrogen-bond acceptors (Lipinski definition) is 3. The molecule has 0 radical (unpaired) electrons. The number of benzene rings is 1. The fourth-order valence-corrected chi connectivity index (χ4v) is 3.28. The van der Waals surface area contributed by atoms with Gasteiger partial charge in [-0.25, -0.2) is 13.1 Å². The van der Waals surface area contributed by atoms with Crippen molar-refractivity contribution in [2.45, 2.75) is 38.8 Å². The Balaban J connectivity index is 2.19. The molecule has 1 aromatic carbocycles. The standard InChI is InChI=1S/C14H18ClN3O2S/c1-4-18-11(3)14(10(2)17-18)9-16-21(19,20)13-7-5-12(15)6-8-13/h5-8,16H,4,9H2,1-3H3. The molecule has 0 spiro atoms. The molecule has 7 heteroatoms. The van der Waals surface area contributed by atoms with Gasteiger partial charge in [0.25, 0.3) is 0 Å². The lowest BCUT2D eigenvalue weighted by Crippen LogP contribution is -2.23. The van der Waals surface area contributed by atoms with Gasteiger partial charge in [-0.3, -0.25) is 4.68 Å². The maximum Gasteiger partial charge on any atom is 0.240 e. The minimum atomic E-state index is -3.55. The monoisotopic (exact) mass is 327 g/mol. The quantitative estimate of drug-likeness (QED) is 0.918. The molecule has 5 nitrogen and oxygen atoms in total. The number of aryl methyl sites for hydroxylation is 2. The lowest BCUT2D eigenvalue weighted by atomic mass is 10.2. The zero-order chi connectivity index (χ0) is 15.6. The van der Waals surface area contributed by atoms with Gasteiger partial charge in [0.1, 0.15) is 0 Å². The number of nitrogens with zero attached hydrogens (tertiary/aromatic N) is 2. The van der Waals surface area contributed by atoms with E-state index in [1.165, 1.54) is 12.1 Å². The third-order valence-corrected chi connectivity index (χ3v) is 5.06. The molecule has 0 bridgehead atoms. The molecule has 0 unspecified atom stereocenters. The van der Waals surface area contributed by atoms with Crippen LogP contribution in [0.4, 0.5) is 0 Å². The van der Waals surface area contributed by atoms with Crippen molar-refractivity contribution in [2.75, 3.05) is 0 Å². The van der Waals surface area contributed by atoms with Crippen molar-refractivity contribution in [1.29, 1.82) is 0 Å². The summed E-state index contributed by atoms with van der Waals surface area (Å²) in [5.41, 5.74) is 2.73. The first-order chi connectivity index (χ1) is 9.85. The van der Waals surface area contributed by atoms with Crippen molar-refractivity contribution in [3.63, 3.8) is 0 Å². The average Bonchev–Trinajstić information content (AvgIpc) is 2.71. The van der Waals surface area contributed by atoms with Crippen molar-refractivity contribution >= 4 is 21.6 Å². The zero-order valence-electron chi connectivity index (χ0n) is 12.2. The SMILES string of the molecule is CCn1nc(C)c(CNS(=O)(=O)c2ccc(Cl)cc2)c1C. The summed E-state index contributed by atoms with van der Waals surface area (Å²) in [6.07, 6.45) is 0. The number of halogens is 1. The summed E-state index contributed by atoms with van der Waals surface area (Å²) in [4.78, 5) is 0.199. The highest BCUT2D eigenvalue weighted by Crippen LogP contribution is 2.16. The van der Waals surface area contributed by atoms with E-state index in [-0.39, 0.29) is 11.4 Å². The Morgan fingerprint density at radius 3 is 2.38 bits per heavy atom. The Bertz CT molecular complexity index is 736. The molecule has 0 amide bonds. The van der Waals surface area contributed by atoms with Crippen LogP contribution in [0.25, 0.3) is 0 Å². The largest absolute Gasteiger partial charge is 0.270 e. The summed E-state index contributed by atoms with van der Waals surface area (Å²) < 4.78 is 28.9. The molecule has 0 fully saturated rings. The van der Waals surface area contributed by atoms with Crippen LogP contribution in [0.3, 0.4) is 0 Å². The normalized spacial score (nSPS) is 11.8. The molecule has 21 heavy (non-hydrogen) atoms. The average molecular weight is 328 g/mol. The highest BCUT2D eigenvalue weighted by molar-refractivity contribution is 7.89. The molecule has 114 valence electrons. The van der Waals surface area contributed by atoms with Gasteiger partial charge in [-0.05, 0) is 45.0 Å². The fourth-order valence-electron chi connectivity index (χ4n) is 2.16. The first-order valence-electron chi connectivity index (χ1n) is 6.63. The van der Waals surface area contributed by atoms with Gasteiger partial charge in [0, 0.05) is 29.4 Å². The maximum absolute atomic E-state index is 12.2. The summed E-state index contributed by atoms with van der Waals surface area (Å²) in [7, 11) is -3.55. The Morgan fingerprint density at radius 1 is 1.24 bits per heavy atom. The van der Waals surface area contributed by atoms with E-state index in [1.807, 2.05) is 25.5 Å². The molecule has 2 rings (SSSR count). The Morgan fingerprint density at radius 2 is 1.86 bits per heavy atom. The highest BCUT2D eigenvalue weighted by Gasteiger charge is 2.17. The van der Waals surface area contributed by atoms with Crippen LogP contribution in [-0.2, 0) is 23.1 Å². The van der Waals surface area contributed by atoms with Crippen molar-refractivity contribution in [3.8, 4) is 0 Å². The Hall–Kier alpha value is -1.37. The minimum absolute atomic E-state index is 0.199. The first kappa shape index (κ1) is 16.0. The van der Waals surface area contributed by atoms with E-state index in [2.05, 4.69) is 9.82 Å². The molecule has 0 saturated heterocycles. The van der Waals surface area contributed by atoms with E-state index in [0.29, 0.717) is 5.02 Å². The van der Waals surface area contributed by atoms with Crippen LogP contribution in [0, 0.1) is 13.8 Å². The number of aromatic nitrogens is 2. The van der Waals surface area contributed by atoms with Crippen LogP contribution in [0.2, 0.25) is 5.02 Å². The molecule has 0 aliphatic carbocycles. The van der Waals surface area contributed by atoms with Gasteiger partial charge >= 0.3 is 0 Å². The van der Waals surface area contributed by atoms with E-state index < -0.39 is 10.0 Å². The van der Waals surface area contributed by atoms with E-state index >= 15 is 0 Å². The predicted molar refractivity (Wildman–Crippen MR) is 82.9 cm³/mol. The molecule has 0 atom stereocenters. The van der Waals surface area contributed by atoms with Crippen LogP contribution in [0.15, 0.2) is 29.2 Å². The van der Waals surface area contributed by atoms with Gasteiger partial charge < -0.3 is 0 Å². The highest BCUT2D eigenvalue weighted by atomic mass is 35.5. The van der Waals surface area contributed by atoms with Gasteiger partial charge in [-0.2, -0.15) is 5.10 Å². The van der Waals surface area contributed by atoms with Crippen molar-refractivity contribution in [2.24, 2.45) is 0 Å². The second-order valence-corrected chi connectivity index (χ2v) is 6.95. The summed E-state index contributed by atoms with van der Waals surface area (Å²) in [6.45, 7) is 6.81. The van der Waals surface area contributed by atoms with Crippen LogP contribution >= 0.6 is 11.6 Å². The van der Waals surface area contributed by atoms with Gasteiger partial charge in [-0.1, -0.05) is 11.6 Å². The van der Waals surface area contributed by atoms with Gasteiger partial charge in [0.05, 0.1) is 10.6 Å². The van der Waals surface area contributed by atoms with Crippen LogP contribution in [-0.4, -0.2) is 18.2 Å². The Kier molecular flexibility index (Phi) is 4.70. The van der Waals surface area contributed by atoms with Crippen molar-refractivity contribution in [1.82, 2.24) is 14.5 Å². The molecule has 1 heterocycles. The summed E-state index contributed by atoms with van der Waals surface area (Å²) in [6, 6.07) is 6.09. The molecule has 0 aliphatic rings. The zero-order valence-corrected chi connectivity index (χ0v) is 13.8. The molecular formula is C14H18ClN3O2S. The van der Waals surface area contributed by atoms with Gasteiger partial charge in [0.15, 0.2) is 0 Å². The topological polar surface area (TPSA) is 64.0 Å². The molecule has 1 N–H and O–H groups in total. The first-order valence-corrected chi connectivity index (χ1v) is 8.49. The summed E-state index contributed by atoms with van der Waals surface area (Å²) in [5.74, 6) is 0. The van der Waals surface area contributed by atoms with Crippen molar-refractivity contribution in [3.05, 3.63) is 46.2 Å². The number of hydrogen-bond donors (Lipinski definition) is 1. The van der Waals surface area contributed by atoms with Gasteiger partial charge in [-0.15, -0.1) is 0 Å². The second kappa shape index (κ2) is 6.17. The molecular weight excluding hydrogens is 310 g/mol. The smallest absolute Gasteiger partial charge is 0.240 e. The number of sulfonamides is 1. The number of rotatable bonds is 5. The fraction of sp³-hybridized carbons (Fsp3) is 0.357. The second-order valence-electron chi connectivity index (χ2n) is 4.74. The third kappa shape index (κ3) is 3.45. The summed E-state index contributed by atoms with van der Waals surface area (Å²) in [5, 5.41) is 4.88. The van der Waals surface area contributed by atoms with Crippen LogP contribution < -0.4 is 4.72 Å². The lowest BCUT2D eigenvalue weighted by Gasteiger charge is -2.07. The van der Waals surface area contributed by atoms with E-state index in [4.69, 9.17) is 11.6 Å². The van der Waals surface area contributed by atoms with E-state index in [1.54, 1.807) is 12.1 Å². The maximum atomic E-state index is 12.2. The van der Waals surface area contributed by atoms with E-state index in [0.717, 1.165) is 23.5 Å². The molecule has 0 saturated carbocycles. The molecule has 1 aromatic heterocycles. The molecule has 2 aromatic rings.